The number of esters is 1. The van der Waals surface area contributed by atoms with Crippen molar-refractivity contribution >= 4 is 12.1 Å². The quantitative estimate of drug-likeness (QED) is 0.848. The van der Waals surface area contributed by atoms with E-state index >= 15 is 0 Å². The zero-order valence-electron chi connectivity index (χ0n) is 13.9. The Kier molecular flexibility index (Phi) is 6.40. The van der Waals surface area contributed by atoms with E-state index < -0.39 is 23.7 Å². The van der Waals surface area contributed by atoms with Crippen molar-refractivity contribution in [2.45, 2.75) is 52.9 Å². The third kappa shape index (κ3) is 6.61. The average molecular weight is 307 g/mol. The first-order valence-electron chi connectivity index (χ1n) is 7.39. The third-order valence-corrected chi connectivity index (χ3v) is 2.81. The Bertz CT molecular complexity index is 491. The molecule has 0 saturated heterocycles. The van der Waals surface area contributed by atoms with Gasteiger partial charge in [0.2, 0.25) is 0 Å². The molecule has 0 fully saturated rings. The van der Waals surface area contributed by atoms with Crippen molar-refractivity contribution in [3.05, 3.63) is 35.9 Å². The number of benzene rings is 1. The van der Waals surface area contributed by atoms with Crippen molar-refractivity contribution in [2.24, 2.45) is 5.92 Å². The van der Waals surface area contributed by atoms with Crippen LogP contribution >= 0.6 is 0 Å². The van der Waals surface area contributed by atoms with E-state index in [1.54, 1.807) is 20.8 Å². The van der Waals surface area contributed by atoms with Crippen LogP contribution in [-0.2, 0) is 20.9 Å². The van der Waals surface area contributed by atoms with Crippen molar-refractivity contribution in [1.82, 2.24) is 5.32 Å². The predicted octanol–water partition coefficient (Wildman–Crippen LogP) is 3.28. The molecule has 22 heavy (non-hydrogen) atoms. The van der Waals surface area contributed by atoms with E-state index in [0.29, 0.717) is 0 Å². The summed E-state index contributed by atoms with van der Waals surface area (Å²) >= 11 is 0. The summed E-state index contributed by atoms with van der Waals surface area (Å²) in [4.78, 5) is 24.0. The summed E-state index contributed by atoms with van der Waals surface area (Å²) in [5.41, 5.74) is 0.288. The normalized spacial score (nSPS) is 12.6. The first-order chi connectivity index (χ1) is 10.2. The van der Waals surface area contributed by atoms with Gasteiger partial charge in [-0.25, -0.2) is 9.59 Å². The Balaban J connectivity index is 2.55. The van der Waals surface area contributed by atoms with Crippen LogP contribution in [0.25, 0.3) is 0 Å². The van der Waals surface area contributed by atoms with Gasteiger partial charge in [-0.1, -0.05) is 44.2 Å². The van der Waals surface area contributed by atoms with E-state index in [0.717, 1.165) is 5.56 Å². The first kappa shape index (κ1) is 18.0. The Labute approximate surface area is 132 Å². The molecule has 1 aromatic carbocycles. The van der Waals surface area contributed by atoms with Crippen LogP contribution < -0.4 is 5.32 Å². The largest absolute Gasteiger partial charge is 0.458 e. The highest BCUT2D eigenvalue weighted by molar-refractivity contribution is 5.81. The van der Waals surface area contributed by atoms with Crippen molar-refractivity contribution in [2.75, 3.05) is 0 Å². The summed E-state index contributed by atoms with van der Waals surface area (Å²) < 4.78 is 10.4. The molecule has 122 valence electrons. The molecule has 0 aliphatic rings. The lowest BCUT2D eigenvalue weighted by Crippen LogP contribution is -2.47. The second-order valence-corrected chi connectivity index (χ2v) is 6.46. The number of alkyl carbamates (subject to hydrolysis) is 1. The summed E-state index contributed by atoms with van der Waals surface area (Å²) in [6, 6.07) is 8.62. The van der Waals surface area contributed by atoms with Crippen LogP contribution in [-0.4, -0.2) is 23.7 Å². The van der Waals surface area contributed by atoms with Gasteiger partial charge < -0.3 is 14.8 Å². The zero-order valence-corrected chi connectivity index (χ0v) is 13.9. The summed E-state index contributed by atoms with van der Waals surface area (Å²) in [6.45, 7) is 9.20. The molecule has 0 aliphatic carbocycles. The summed E-state index contributed by atoms with van der Waals surface area (Å²) in [6.07, 6.45) is -0.631. The minimum atomic E-state index is -0.734. The molecule has 0 heterocycles. The predicted molar refractivity (Wildman–Crippen MR) is 84.2 cm³/mol. The molecular formula is C17H25NO4. The molecule has 0 aliphatic heterocycles. The SMILES string of the molecule is CC(C)[C@H](NC(=O)OCc1ccccc1)C(=O)OC(C)(C)C. The van der Waals surface area contributed by atoms with Gasteiger partial charge in [-0.05, 0) is 32.3 Å². The standard InChI is InChI=1S/C17H25NO4/c1-12(2)14(15(19)22-17(3,4)5)18-16(20)21-11-13-9-7-6-8-10-13/h6-10,12,14H,11H2,1-5H3,(H,18,20)/t14-/m0/s1. The van der Waals surface area contributed by atoms with Crippen LogP contribution in [0.5, 0.6) is 0 Å². The van der Waals surface area contributed by atoms with Crippen molar-refractivity contribution in [1.29, 1.82) is 0 Å². The van der Waals surface area contributed by atoms with Gasteiger partial charge in [-0.3, -0.25) is 0 Å². The van der Waals surface area contributed by atoms with Gasteiger partial charge in [-0.15, -0.1) is 0 Å². The maximum Gasteiger partial charge on any atom is 0.408 e. The van der Waals surface area contributed by atoms with Gasteiger partial charge in [0, 0.05) is 0 Å². The number of ether oxygens (including phenoxy) is 2. The Morgan fingerprint density at radius 3 is 2.23 bits per heavy atom. The molecule has 5 heteroatoms. The van der Waals surface area contributed by atoms with Gasteiger partial charge >= 0.3 is 12.1 Å². The minimum Gasteiger partial charge on any atom is -0.458 e. The molecule has 1 amide bonds. The molecule has 0 aromatic heterocycles. The molecule has 1 atom stereocenters. The summed E-state index contributed by atoms with van der Waals surface area (Å²) in [7, 11) is 0. The van der Waals surface area contributed by atoms with Gasteiger partial charge in [-0.2, -0.15) is 0 Å². The van der Waals surface area contributed by atoms with Crippen LogP contribution in [0.3, 0.4) is 0 Å². The van der Waals surface area contributed by atoms with Crippen LogP contribution in [0.4, 0.5) is 4.79 Å². The Morgan fingerprint density at radius 1 is 1.14 bits per heavy atom. The number of nitrogens with one attached hydrogen (secondary N) is 1. The molecule has 1 N–H and O–H groups in total. The third-order valence-electron chi connectivity index (χ3n) is 2.81. The number of rotatable bonds is 5. The molecule has 0 unspecified atom stereocenters. The Hall–Kier alpha value is -2.04. The fourth-order valence-electron chi connectivity index (χ4n) is 1.75. The molecular weight excluding hydrogens is 282 g/mol. The second kappa shape index (κ2) is 7.82. The highest BCUT2D eigenvalue weighted by Crippen LogP contribution is 2.12. The van der Waals surface area contributed by atoms with Gasteiger partial charge in [0.1, 0.15) is 18.2 Å². The van der Waals surface area contributed by atoms with E-state index in [2.05, 4.69) is 5.32 Å². The van der Waals surface area contributed by atoms with Gasteiger partial charge in [0.05, 0.1) is 0 Å². The van der Waals surface area contributed by atoms with Crippen LogP contribution in [0.1, 0.15) is 40.2 Å². The van der Waals surface area contributed by atoms with E-state index in [4.69, 9.17) is 9.47 Å². The molecule has 0 saturated carbocycles. The summed E-state index contributed by atoms with van der Waals surface area (Å²) in [5.74, 6) is -0.557. The lowest BCUT2D eigenvalue weighted by atomic mass is 10.0. The van der Waals surface area contributed by atoms with E-state index in [9.17, 15) is 9.59 Å². The van der Waals surface area contributed by atoms with E-state index in [1.807, 2.05) is 44.2 Å². The van der Waals surface area contributed by atoms with Crippen LogP contribution in [0, 0.1) is 5.92 Å². The van der Waals surface area contributed by atoms with Crippen LogP contribution in [0.2, 0.25) is 0 Å². The maximum atomic E-state index is 12.1. The maximum absolute atomic E-state index is 12.1. The molecule has 0 radical (unpaired) electrons. The van der Waals surface area contributed by atoms with E-state index in [1.165, 1.54) is 0 Å². The molecule has 5 nitrogen and oxygen atoms in total. The molecule has 1 rings (SSSR count). The molecule has 0 bridgehead atoms. The average Bonchev–Trinajstić information content (AvgIpc) is 2.41. The zero-order chi connectivity index (χ0) is 16.8. The lowest BCUT2D eigenvalue weighted by Gasteiger charge is -2.26. The number of carbonyl (C=O) groups is 2. The second-order valence-electron chi connectivity index (χ2n) is 6.46. The number of hydrogen-bond acceptors (Lipinski definition) is 4. The Morgan fingerprint density at radius 2 is 1.73 bits per heavy atom. The van der Waals surface area contributed by atoms with Crippen LogP contribution in [0.15, 0.2) is 30.3 Å². The van der Waals surface area contributed by atoms with Crippen molar-refractivity contribution in [3.63, 3.8) is 0 Å². The smallest absolute Gasteiger partial charge is 0.408 e. The highest BCUT2D eigenvalue weighted by Gasteiger charge is 2.29. The number of carbonyl (C=O) groups excluding carboxylic acids is 2. The lowest BCUT2D eigenvalue weighted by molar-refractivity contribution is -0.158. The fourth-order valence-corrected chi connectivity index (χ4v) is 1.75. The van der Waals surface area contributed by atoms with E-state index in [-0.39, 0.29) is 12.5 Å². The first-order valence-corrected chi connectivity index (χ1v) is 7.39. The van der Waals surface area contributed by atoms with Crippen molar-refractivity contribution in [3.8, 4) is 0 Å². The van der Waals surface area contributed by atoms with Crippen molar-refractivity contribution < 1.29 is 19.1 Å². The summed E-state index contributed by atoms with van der Waals surface area (Å²) in [5, 5.41) is 2.57. The number of amides is 1. The highest BCUT2D eigenvalue weighted by atomic mass is 16.6. The number of hydrogen-bond donors (Lipinski definition) is 1. The minimum absolute atomic E-state index is 0.0980. The molecule has 1 aromatic rings. The van der Waals surface area contributed by atoms with Gasteiger partial charge in [0.25, 0.3) is 0 Å². The van der Waals surface area contributed by atoms with Gasteiger partial charge in [0.15, 0.2) is 0 Å². The fraction of sp³-hybridized carbons (Fsp3) is 0.529. The monoisotopic (exact) mass is 307 g/mol. The topological polar surface area (TPSA) is 64.6 Å². The molecule has 0 spiro atoms.